The summed E-state index contributed by atoms with van der Waals surface area (Å²) in [7, 11) is 0. The molecule has 1 amide bonds. The molecule has 0 atom stereocenters. The molecule has 1 aliphatic rings. The molecule has 2 aromatic rings. The topological polar surface area (TPSA) is 20.3 Å². The van der Waals surface area contributed by atoms with Gasteiger partial charge in [-0.2, -0.15) is 0 Å². The van der Waals surface area contributed by atoms with Crippen molar-refractivity contribution in [2.75, 3.05) is 13.1 Å². The quantitative estimate of drug-likeness (QED) is 0.807. The van der Waals surface area contributed by atoms with Gasteiger partial charge in [-0.05, 0) is 34.9 Å². The number of rotatable bonds is 2. The van der Waals surface area contributed by atoms with E-state index in [2.05, 4.69) is 6.58 Å². The Balaban J connectivity index is 1.93. The summed E-state index contributed by atoms with van der Waals surface area (Å²) in [6, 6.07) is 11.1. The van der Waals surface area contributed by atoms with Crippen molar-refractivity contribution >= 4 is 22.8 Å². The highest BCUT2D eigenvalue weighted by Crippen LogP contribution is 2.28. The van der Waals surface area contributed by atoms with Gasteiger partial charge in [-0.15, -0.1) is 0 Å². The molecule has 1 heterocycles. The second-order valence-electron chi connectivity index (χ2n) is 5.67. The Morgan fingerprint density at radius 3 is 2.82 bits per heavy atom. The predicted molar refractivity (Wildman–Crippen MR) is 84.1 cm³/mol. The zero-order valence-electron chi connectivity index (χ0n) is 12.2. The van der Waals surface area contributed by atoms with Crippen LogP contribution < -0.4 is 0 Å². The minimum atomic E-state index is -2.78. The van der Waals surface area contributed by atoms with E-state index in [0.29, 0.717) is 18.5 Å². The van der Waals surface area contributed by atoms with Crippen molar-refractivity contribution < 1.29 is 13.6 Å². The predicted octanol–water partition coefficient (Wildman–Crippen LogP) is 4.35. The van der Waals surface area contributed by atoms with Gasteiger partial charge in [-0.1, -0.05) is 36.9 Å². The molecule has 2 aromatic carbocycles. The first-order valence-electron chi connectivity index (χ1n) is 7.32. The van der Waals surface area contributed by atoms with Crippen molar-refractivity contribution in [3.8, 4) is 0 Å². The Morgan fingerprint density at radius 1 is 1.27 bits per heavy atom. The van der Waals surface area contributed by atoms with E-state index >= 15 is 0 Å². The summed E-state index contributed by atoms with van der Waals surface area (Å²) in [5.74, 6) is -3.11. The molecule has 0 radical (unpaired) electrons. The Kier molecular flexibility index (Phi) is 3.69. The maximum absolute atomic E-state index is 13.5. The fourth-order valence-corrected chi connectivity index (χ4v) is 2.94. The summed E-state index contributed by atoms with van der Waals surface area (Å²) < 4.78 is 27.0. The Morgan fingerprint density at radius 2 is 2.09 bits per heavy atom. The van der Waals surface area contributed by atoms with Gasteiger partial charge in [0.15, 0.2) is 0 Å². The van der Waals surface area contributed by atoms with E-state index in [1.807, 2.05) is 24.3 Å². The number of piperidine rings is 1. The summed E-state index contributed by atoms with van der Waals surface area (Å²) in [6.07, 6.45) is 1.96. The van der Waals surface area contributed by atoms with Crippen molar-refractivity contribution in [3.05, 3.63) is 54.1 Å². The second-order valence-corrected chi connectivity index (χ2v) is 5.67. The molecule has 0 aromatic heterocycles. The van der Waals surface area contributed by atoms with Crippen molar-refractivity contribution in [2.24, 2.45) is 0 Å². The average molecular weight is 301 g/mol. The maximum Gasteiger partial charge on any atom is 0.265 e. The molecule has 0 saturated carbocycles. The number of carbonyl (C=O) groups is 1. The number of carbonyl (C=O) groups excluding carboxylic acids is 1. The van der Waals surface area contributed by atoms with Crippen LogP contribution in [0.5, 0.6) is 0 Å². The monoisotopic (exact) mass is 301 g/mol. The Labute approximate surface area is 128 Å². The molecule has 2 nitrogen and oxygen atoms in total. The first kappa shape index (κ1) is 14.7. The normalized spacial score (nSPS) is 17.5. The Bertz CT molecular complexity index is 739. The molecule has 3 rings (SSSR count). The fraction of sp³-hybridized carbons (Fsp3) is 0.278. The third kappa shape index (κ3) is 2.73. The zero-order valence-corrected chi connectivity index (χ0v) is 12.2. The van der Waals surface area contributed by atoms with Crippen LogP contribution in [0.2, 0.25) is 0 Å². The van der Waals surface area contributed by atoms with Crippen LogP contribution in [0.25, 0.3) is 16.8 Å². The highest BCUT2D eigenvalue weighted by molar-refractivity contribution is 6.00. The number of amides is 1. The minimum Gasteiger partial charge on any atom is -0.333 e. The molecule has 4 heteroatoms. The first-order valence-corrected chi connectivity index (χ1v) is 7.32. The lowest BCUT2D eigenvalue weighted by atomic mass is 10.0. The number of benzene rings is 2. The lowest BCUT2D eigenvalue weighted by molar-refractivity contribution is -0.0560. The average Bonchev–Trinajstić information content (AvgIpc) is 2.52. The van der Waals surface area contributed by atoms with Crippen LogP contribution in [0.4, 0.5) is 8.78 Å². The van der Waals surface area contributed by atoms with E-state index in [9.17, 15) is 13.6 Å². The van der Waals surface area contributed by atoms with Crippen LogP contribution in [0.3, 0.4) is 0 Å². The molecule has 22 heavy (non-hydrogen) atoms. The first-order chi connectivity index (χ1) is 10.5. The fourth-order valence-electron chi connectivity index (χ4n) is 2.94. The van der Waals surface area contributed by atoms with Gasteiger partial charge < -0.3 is 4.90 Å². The number of halogens is 2. The van der Waals surface area contributed by atoms with Crippen molar-refractivity contribution in [2.45, 2.75) is 18.8 Å². The highest BCUT2D eigenvalue weighted by atomic mass is 19.3. The summed E-state index contributed by atoms with van der Waals surface area (Å²) in [4.78, 5) is 13.7. The van der Waals surface area contributed by atoms with Gasteiger partial charge in [0.05, 0.1) is 6.54 Å². The number of nitrogens with zero attached hydrogens (tertiary/aromatic N) is 1. The van der Waals surface area contributed by atoms with E-state index in [-0.39, 0.29) is 12.3 Å². The van der Waals surface area contributed by atoms with E-state index in [1.54, 1.807) is 18.2 Å². The van der Waals surface area contributed by atoms with Crippen LogP contribution in [0, 0.1) is 0 Å². The van der Waals surface area contributed by atoms with Crippen LogP contribution in [0.15, 0.2) is 43.0 Å². The lowest BCUT2D eigenvalue weighted by Crippen LogP contribution is -2.45. The van der Waals surface area contributed by atoms with Crippen LogP contribution in [-0.2, 0) is 0 Å². The number of likely N-dealkylation sites (tertiary alicyclic amines) is 1. The summed E-state index contributed by atoms with van der Waals surface area (Å²) in [5, 5.41) is 1.91. The Hall–Kier alpha value is -2.23. The SMILES string of the molecule is C=Cc1cccc2cc(C(=O)N3CCCC(F)(F)C3)ccc12. The summed E-state index contributed by atoms with van der Waals surface area (Å²) in [5.41, 5.74) is 1.44. The molecular formula is C18H17F2NO. The van der Waals surface area contributed by atoms with E-state index in [0.717, 1.165) is 16.3 Å². The van der Waals surface area contributed by atoms with Crippen molar-refractivity contribution in [1.82, 2.24) is 4.90 Å². The molecule has 0 spiro atoms. The van der Waals surface area contributed by atoms with E-state index < -0.39 is 12.5 Å². The second kappa shape index (κ2) is 5.52. The minimum absolute atomic E-state index is 0.142. The molecule has 0 unspecified atom stereocenters. The smallest absolute Gasteiger partial charge is 0.265 e. The van der Waals surface area contributed by atoms with Crippen molar-refractivity contribution in [1.29, 1.82) is 0 Å². The van der Waals surface area contributed by atoms with Gasteiger partial charge in [0.2, 0.25) is 0 Å². The lowest BCUT2D eigenvalue weighted by Gasteiger charge is -2.32. The largest absolute Gasteiger partial charge is 0.333 e. The van der Waals surface area contributed by atoms with Gasteiger partial charge in [0.25, 0.3) is 11.8 Å². The number of fused-ring (bicyclic) bond motifs is 1. The van der Waals surface area contributed by atoms with Gasteiger partial charge >= 0.3 is 0 Å². The molecule has 1 aliphatic heterocycles. The van der Waals surface area contributed by atoms with Gasteiger partial charge in [-0.3, -0.25) is 4.79 Å². The molecule has 0 bridgehead atoms. The standard InChI is InChI=1S/C18H17F2NO/c1-2-13-5-3-6-14-11-15(7-8-16(13)14)17(22)21-10-4-9-18(19,20)12-21/h2-3,5-8,11H,1,4,9-10,12H2. The van der Waals surface area contributed by atoms with Crippen LogP contribution in [0.1, 0.15) is 28.8 Å². The number of hydrogen-bond acceptors (Lipinski definition) is 1. The molecule has 1 saturated heterocycles. The van der Waals surface area contributed by atoms with E-state index in [4.69, 9.17) is 0 Å². The van der Waals surface area contributed by atoms with Gasteiger partial charge in [0, 0.05) is 18.5 Å². The van der Waals surface area contributed by atoms with Gasteiger partial charge in [0.1, 0.15) is 0 Å². The molecule has 0 aliphatic carbocycles. The third-order valence-corrected chi connectivity index (χ3v) is 4.06. The zero-order chi connectivity index (χ0) is 15.7. The maximum atomic E-state index is 13.5. The van der Waals surface area contributed by atoms with E-state index in [1.165, 1.54) is 4.90 Å². The number of alkyl halides is 2. The van der Waals surface area contributed by atoms with Crippen LogP contribution >= 0.6 is 0 Å². The molecule has 1 fully saturated rings. The highest BCUT2D eigenvalue weighted by Gasteiger charge is 2.37. The molecule has 0 N–H and O–H groups in total. The molecular weight excluding hydrogens is 284 g/mol. The summed E-state index contributed by atoms with van der Waals surface area (Å²) >= 11 is 0. The molecule has 114 valence electrons. The number of hydrogen-bond donors (Lipinski definition) is 0. The third-order valence-electron chi connectivity index (χ3n) is 4.06. The van der Waals surface area contributed by atoms with Gasteiger partial charge in [-0.25, -0.2) is 8.78 Å². The summed E-state index contributed by atoms with van der Waals surface area (Å²) in [6.45, 7) is 3.67. The van der Waals surface area contributed by atoms with Crippen LogP contribution in [-0.4, -0.2) is 29.8 Å². The van der Waals surface area contributed by atoms with Crippen molar-refractivity contribution in [3.63, 3.8) is 0 Å².